The van der Waals surface area contributed by atoms with E-state index >= 15 is 0 Å². The summed E-state index contributed by atoms with van der Waals surface area (Å²) in [5.74, 6) is 0. The van der Waals surface area contributed by atoms with Crippen molar-refractivity contribution in [2.24, 2.45) is 0 Å². The van der Waals surface area contributed by atoms with Gasteiger partial charge in [-0.3, -0.25) is 0 Å². The van der Waals surface area contributed by atoms with Crippen molar-refractivity contribution in [2.75, 3.05) is 6.61 Å². The van der Waals surface area contributed by atoms with E-state index in [0.29, 0.717) is 26.4 Å². The van der Waals surface area contributed by atoms with Crippen LogP contribution in [0.1, 0.15) is 22.3 Å². The molecule has 0 spiro atoms. The molecule has 0 bridgehead atoms. The van der Waals surface area contributed by atoms with Crippen LogP contribution in [0.2, 0.25) is 0 Å². The molecule has 5 rings (SSSR count). The first-order valence-electron chi connectivity index (χ1n) is 13.7. The SMILES string of the molecule is OC1O[C@@H](COCc2ccccc2)[C@H](OCc2ccccc2)[C@@H](OCc2ccccc2)[C@@H]1OCc1ccccc1. The number of rotatable bonds is 13. The van der Waals surface area contributed by atoms with Gasteiger partial charge in [0.2, 0.25) is 0 Å². The zero-order chi connectivity index (χ0) is 27.4. The lowest BCUT2D eigenvalue weighted by Gasteiger charge is -2.44. The highest BCUT2D eigenvalue weighted by atomic mass is 16.7. The van der Waals surface area contributed by atoms with E-state index < -0.39 is 30.7 Å². The lowest BCUT2D eigenvalue weighted by Crippen LogP contribution is -2.61. The fourth-order valence-corrected chi connectivity index (χ4v) is 4.77. The van der Waals surface area contributed by atoms with E-state index in [1.54, 1.807) is 0 Å². The zero-order valence-electron chi connectivity index (χ0n) is 22.5. The molecular formula is C34H36O6. The van der Waals surface area contributed by atoms with E-state index in [1.165, 1.54) is 0 Å². The van der Waals surface area contributed by atoms with Crippen LogP contribution in [0.25, 0.3) is 0 Å². The molecule has 5 atom stereocenters. The summed E-state index contributed by atoms with van der Waals surface area (Å²) in [6.07, 6.45) is -3.72. The number of hydrogen-bond acceptors (Lipinski definition) is 6. The fourth-order valence-electron chi connectivity index (χ4n) is 4.77. The smallest absolute Gasteiger partial charge is 0.184 e. The molecule has 0 saturated carbocycles. The fraction of sp³-hybridized carbons (Fsp3) is 0.294. The van der Waals surface area contributed by atoms with Crippen LogP contribution in [-0.2, 0) is 50.1 Å². The summed E-state index contributed by atoms with van der Waals surface area (Å²) in [6, 6.07) is 39.7. The van der Waals surface area contributed by atoms with Crippen molar-refractivity contribution in [3.63, 3.8) is 0 Å². The van der Waals surface area contributed by atoms with Gasteiger partial charge >= 0.3 is 0 Å². The van der Waals surface area contributed by atoms with Crippen LogP contribution in [0.4, 0.5) is 0 Å². The molecule has 6 nitrogen and oxygen atoms in total. The van der Waals surface area contributed by atoms with E-state index in [0.717, 1.165) is 22.3 Å². The predicted molar refractivity (Wildman–Crippen MR) is 152 cm³/mol. The van der Waals surface area contributed by atoms with Crippen LogP contribution < -0.4 is 0 Å². The van der Waals surface area contributed by atoms with Gasteiger partial charge in [0.05, 0.1) is 33.0 Å². The van der Waals surface area contributed by atoms with Crippen molar-refractivity contribution in [1.29, 1.82) is 0 Å². The monoisotopic (exact) mass is 540 g/mol. The predicted octanol–water partition coefficient (Wildman–Crippen LogP) is 5.68. The number of hydrogen-bond donors (Lipinski definition) is 1. The minimum atomic E-state index is -1.22. The molecule has 0 radical (unpaired) electrons. The van der Waals surface area contributed by atoms with Gasteiger partial charge in [-0.15, -0.1) is 0 Å². The Kier molecular flexibility index (Phi) is 10.5. The number of benzene rings is 4. The maximum Gasteiger partial charge on any atom is 0.184 e. The Morgan fingerprint density at radius 1 is 0.475 bits per heavy atom. The Labute approximate surface area is 236 Å². The first kappa shape index (κ1) is 28.2. The van der Waals surface area contributed by atoms with Gasteiger partial charge in [0.15, 0.2) is 6.29 Å². The molecule has 0 aromatic heterocycles. The summed E-state index contributed by atoms with van der Waals surface area (Å²) in [4.78, 5) is 0. The Hall–Kier alpha value is -3.36. The summed E-state index contributed by atoms with van der Waals surface area (Å²) in [5, 5.41) is 11.2. The molecule has 0 aliphatic carbocycles. The summed E-state index contributed by atoms with van der Waals surface area (Å²) < 4.78 is 31.4. The van der Waals surface area contributed by atoms with Gasteiger partial charge < -0.3 is 28.8 Å². The second-order valence-corrected chi connectivity index (χ2v) is 9.85. The van der Waals surface area contributed by atoms with Crippen LogP contribution in [0.15, 0.2) is 121 Å². The van der Waals surface area contributed by atoms with Crippen molar-refractivity contribution in [1.82, 2.24) is 0 Å². The Morgan fingerprint density at radius 3 is 1.30 bits per heavy atom. The number of ether oxygens (including phenoxy) is 5. The summed E-state index contributed by atoms with van der Waals surface area (Å²) in [7, 11) is 0. The van der Waals surface area contributed by atoms with Gasteiger partial charge in [0, 0.05) is 0 Å². The average Bonchev–Trinajstić information content (AvgIpc) is 3.01. The molecule has 1 aliphatic heterocycles. The first-order valence-corrected chi connectivity index (χ1v) is 13.7. The normalized spacial score (nSPS) is 22.7. The van der Waals surface area contributed by atoms with E-state index in [-0.39, 0.29) is 6.61 Å². The lowest BCUT2D eigenvalue weighted by atomic mass is 9.98. The number of aliphatic hydroxyl groups is 1. The quantitative estimate of drug-likeness (QED) is 0.236. The first-order chi connectivity index (χ1) is 19.8. The summed E-state index contributed by atoms with van der Waals surface area (Å²) in [6.45, 7) is 1.65. The highest BCUT2D eigenvalue weighted by Crippen LogP contribution is 2.30. The molecule has 1 aliphatic rings. The van der Waals surface area contributed by atoms with Gasteiger partial charge in [-0.1, -0.05) is 121 Å². The Bertz CT molecular complexity index is 1240. The van der Waals surface area contributed by atoms with Gasteiger partial charge in [-0.05, 0) is 22.3 Å². The van der Waals surface area contributed by atoms with Gasteiger partial charge in [-0.2, -0.15) is 0 Å². The highest BCUT2D eigenvalue weighted by Gasteiger charge is 2.48. The molecule has 0 amide bonds. The molecule has 1 unspecified atom stereocenters. The van der Waals surface area contributed by atoms with Gasteiger partial charge in [-0.25, -0.2) is 0 Å². The van der Waals surface area contributed by atoms with Crippen molar-refractivity contribution in [3.8, 4) is 0 Å². The van der Waals surface area contributed by atoms with Crippen LogP contribution in [0.5, 0.6) is 0 Å². The second-order valence-electron chi connectivity index (χ2n) is 9.85. The molecule has 4 aromatic rings. The number of aliphatic hydroxyl groups excluding tert-OH is 1. The third kappa shape index (κ3) is 8.08. The molecule has 6 heteroatoms. The van der Waals surface area contributed by atoms with Crippen LogP contribution in [-0.4, -0.2) is 42.4 Å². The Morgan fingerprint density at radius 2 is 0.850 bits per heavy atom. The van der Waals surface area contributed by atoms with Gasteiger partial charge in [0.25, 0.3) is 0 Å². The molecule has 208 valence electrons. The molecular weight excluding hydrogens is 504 g/mol. The van der Waals surface area contributed by atoms with Crippen molar-refractivity contribution in [2.45, 2.75) is 57.1 Å². The molecule has 1 N–H and O–H groups in total. The van der Waals surface area contributed by atoms with Crippen molar-refractivity contribution in [3.05, 3.63) is 144 Å². The van der Waals surface area contributed by atoms with Crippen molar-refractivity contribution < 1.29 is 28.8 Å². The summed E-state index contributed by atoms with van der Waals surface area (Å²) >= 11 is 0. The molecule has 4 aromatic carbocycles. The third-order valence-corrected chi connectivity index (χ3v) is 6.86. The molecule has 1 fully saturated rings. The minimum Gasteiger partial charge on any atom is -0.374 e. The highest BCUT2D eigenvalue weighted by molar-refractivity contribution is 5.16. The lowest BCUT2D eigenvalue weighted by molar-refractivity contribution is -0.317. The maximum absolute atomic E-state index is 11.2. The largest absolute Gasteiger partial charge is 0.374 e. The van der Waals surface area contributed by atoms with Crippen molar-refractivity contribution >= 4 is 0 Å². The molecule has 1 heterocycles. The topological polar surface area (TPSA) is 66.4 Å². The van der Waals surface area contributed by atoms with Gasteiger partial charge in [0.1, 0.15) is 24.4 Å². The molecule has 1 saturated heterocycles. The second kappa shape index (κ2) is 14.9. The average molecular weight is 541 g/mol. The van der Waals surface area contributed by atoms with E-state index in [9.17, 15) is 5.11 Å². The zero-order valence-corrected chi connectivity index (χ0v) is 22.5. The van der Waals surface area contributed by atoms with E-state index in [2.05, 4.69) is 0 Å². The van der Waals surface area contributed by atoms with E-state index in [1.807, 2.05) is 121 Å². The van der Waals surface area contributed by atoms with Crippen LogP contribution >= 0.6 is 0 Å². The minimum absolute atomic E-state index is 0.224. The molecule has 40 heavy (non-hydrogen) atoms. The standard InChI is InChI=1S/C34H36O6/c35-34-33(39-24-29-19-11-4-12-20-29)32(38-23-28-17-9-3-10-18-28)31(37-22-27-15-7-2-8-16-27)30(40-34)25-36-21-26-13-5-1-6-14-26/h1-20,30-35H,21-25H2/t30-,31-,32+,33-,34?/m0/s1. The summed E-state index contributed by atoms with van der Waals surface area (Å²) in [5.41, 5.74) is 4.10. The Balaban J connectivity index is 1.36. The third-order valence-electron chi connectivity index (χ3n) is 6.86. The van der Waals surface area contributed by atoms with Crippen LogP contribution in [0.3, 0.4) is 0 Å². The maximum atomic E-state index is 11.2. The van der Waals surface area contributed by atoms with E-state index in [4.69, 9.17) is 23.7 Å². The van der Waals surface area contributed by atoms with Crippen LogP contribution in [0, 0.1) is 0 Å².